The molecule has 2 rings (SSSR count). The summed E-state index contributed by atoms with van der Waals surface area (Å²) in [4.78, 5) is 21.7. The summed E-state index contributed by atoms with van der Waals surface area (Å²) in [6.45, 7) is 0. The van der Waals surface area contributed by atoms with Crippen LogP contribution in [0.5, 0.6) is 0 Å². The number of fused-ring (bicyclic) bond motifs is 1. The quantitative estimate of drug-likeness (QED) is 0.494. The maximum absolute atomic E-state index is 10.8. The van der Waals surface area contributed by atoms with E-state index in [0.29, 0.717) is 25.7 Å². The Bertz CT molecular complexity index is 199. The van der Waals surface area contributed by atoms with Gasteiger partial charge in [0.2, 0.25) is 0 Å². The normalized spacial score (nSPS) is 35.0. The van der Waals surface area contributed by atoms with Crippen molar-refractivity contribution in [2.45, 2.75) is 37.9 Å². The van der Waals surface area contributed by atoms with Crippen molar-refractivity contribution in [3.05, 3.63) is 0 Å². The molecule has 0 aliphatic carbocycles. The smallest absolute Gasteiger partial charge is 0.306 e. The van der Waals surface area contributed by atoms with Crippen LogP contribution in [0.2, 0.25) is 0 Å². The fourth-order valence-electron chi connectivity index (χ4n) is 1.62. The molecule has 0 aromatic heterocycles. The third-order valence-corrected chi connectivity index (χ3v) is 2.25. The van der Waals surface area contributed by atoms with Gasteiger partial charge in [-0.15, -0.1) is 0 Å². The first-order valence-electron chi connectivity index (χ1n) is 4.14. The average molecular weight is 170 g/mol. The molecule has 2 saturated heterocycles. The Morgan fingerprint density at radius 1 is 0.917 bits per heavy atom. The highest BCUT2D eigenvalue weighted by atomic mass is 16.6. The minimum Gasteiger partial charge on any atom is -0.458 e. The SMILES string of the molecule is O=C1CCC2OC(=O)CCC2O1. The predicted octanol–water partition coefficient (Wildman–Crippen LogP) is 0.398. The van der Waals surface area contributed by atoms with E-state index in [4.69, 9.17) is 9.47 Å². The van der Waals surface area contributed by atoms with Gasteiger partial charge >= 0.3 is 11.9 Å². The van der Waals surface area contributed by atoms with Crippen LogP contribution in [-0.4, -0.2) is 24.1 Å². The lowest BCUT2D eigenvalue weighted by molar-refractivity contribution is -0.186. The van der Waals surface area contributed by atoms with E-state index >= 15 is 0 Å². The van der Waals surface area contributed by atoms with Crippen LogP contribution in [0.1, 0.15) is 25.7 Å². The van der Waals surface area contributed by atoms with Crippen LogP contribution >= 0.6 is 0 Å². The second kappa shape index (κ2) is 2.77. The van der Waals surface area contributed by atoms with Gasteiger partial charge in [0.25, 0.3) is 0 Å². The van der Waals surface area contributed by atoms with E-state index in [-0.39, 0.29) is 24.1 Å². The lowest BCUT2D eigenvalue weighted by atomic mass is 9.98. The van der Waals surface area contributed by atoms with Gasteiger partial charge in [0, 0.05) is 12.8 Å². The highest BCUT2D eigenvalue weighted by Crippen LogP contribution is 2.26. The van der Waals surface area contributed by atoms with Gasteiger partial charge in [-0.3, -0.25) is 9.59 Å². The van der Waals surface area contributed by atoms with Crippen molar-refractivity contribution in [1.29, 1.82) is 0 Å². The Hall–Kier alpha value is -1.06. The number of hydrogen-bond acceptors (Lipinski definition) is 4. The monoisotopic (exact) mass is 170 g/mol. The van der Waals surface area contributed by atoms with Crippen molar-refractivity contribution in [1.82, 2.24) is 0 Å². The summed E-state index contributed by atoms with van der Waals surface area (Å²) in [6, 6.07) is 0. The Morgan fingerprint density at radius 2 is 1.33 bits per heavy atom. The van der Waals surface area contributed by atoms with Crippen LogP contribution in [0.4, 0.5) is 0 Å². The second-order valence-corrected chi connectivity index (χ2v) is 3.13. The third-order valence-electron chi connectivity index (χ3n) is 2.25. The Balaban J connectivity index is 2.02. The largest absolute Gasteiger partial charge is 0.458 e. The van der Waals surface area contributed by atoms with Crippen molar-refractivity contribution in [2.75, 3.05) is 0 Å². The molecule has 2 fully saturated rings. The van der Waals surface area contributed by atoms with Crippen LogP contribution in [0, 0.1) is 0 Å². The van der Waals surface area contributed by atoms with Gasteiger partial charge in [0.15, 0.2) is 0 Å². The first-order valence-corrected chi connectivity index (χ1v) is 4.14. The number of carbonyl (C=O) groups excluding carboxylic acids is 2. The van der Waals surface area contributed by atoms with E-state index in [1.165, 1.54) is 0 Å². The van der Waals surface area contributed by atoms with Crippen molar-refractivity contribution in [3.63, 3.8) is 0 Å². The first-order chi connectivity index (χ1) is 5.75. The average Bonchev–Trinajstić information content (AvgIpc) is 2.05. The molecule has 2 aliphatic heterocycles. The Morgan fingerprint density at radius 3 is 1.75 bits per heavy atom. The molecule has 4 nitrogen and oxygen atoms in total. The molecule has 12 heavy (non-hydrogen) atoms. The molecule has 0 amide bonds. The molecule has 4 heteroatoms. The van der Waals surface area contributed by atoms with Crippen LogP contribution in [0.3, 0.4) is 0 Å². The summed E-state index contributed by atoms with van der Waals surface area (Å²) in [5, 5.41) is 0. The topological polar surface area (TPSA) is 52.6 Å². The molecular weight excluding hydrogens is 160 g/mol. The number of carbonyl (C=O) groups is 2. The second-order valence-electron chi connectivity index (χ2n) is 3.13. The van der Waals surface area contributed by atoms with Crippen LogP contribution in [0.25, 0.3) is 0 Å². The highest BCUT2D eigenvalue weighted by Gasteiger charge is 2.36. The number of ether oxygens (including phenoxy) is 2. The van der Waals surface area contributed by atoms with Gasteiger partial charge in [-0.25, -0.2) is 0 Å². The zero-order valence-corrected chi connectivity index (χ0v) is 6.62. The number of rotatable bonds is 0. The summed E-state index contributed by atoms with van der Waals surface area (Å²) in [5.41, 5.74) is 0. The van der Waals surface area contributed by atoms with E-state index in [2.05, 4.69) is 0 Å². The van der Waals surface area contributed by atoms with E-state index in [9.17, 15) is 9.59 Å². The fourth-order valence-corrected chi connectivity index (χ4v) is 1.62. The van der Waals surface area contributed by atoms with Crippen LogP contribution < -0.4 is 0 Å². The zero-order valence-electron chi connectivity index (χ0n) is 6.62. The fraction of sp³-hybridized carbons (Fsp3) is 0.750. The molecule has 0 aromatic rings. The molecule has 66 valence electrons. The lowest BCUT2D eigenvalue weighted by Crippen LogP contribution is -2.43. The van der Waals surface area contributed by atoms with Crippen LogP contribution in [-0.2, 0) is 19.1 Å². The molecule has 2 aliphatic rings. The molecule has 2 heterocycles. The van der Waals surface area contributed by atoms with Gasteiger partial charge in [-0.2, -0.15) is 0 Å². The van der Waals surface area contributed by atoms with Gasteiger partial charge in [0.1, 0.15) is 12.2 Å². The van der Waals surface area contributed by atoms with Crippen molar-refractivity contribution >= 4 is 11.9 Å². The Kier molecular flexibility index (Phi) is 1.75. The van der Waals surface area contributed by atoms with Crippen molar-refractivity contribution < 1.29 is 19.1 Å². The summed E-state index contributed by atoms with van der Waals surface area (Å²) < 4.78 is 10.0. The van der Waals surface area contributed by atoms with E-state index in [0.717, 1.165) is 0 Å². The number of hydrogen-bond donors (Lipinski definition) is 0. The standard InChI is InChI=1S/C8H10O4/c9-7-3-1-5-6(12-7)2-4-8(10)11-5/h5-6H,1-4H2. The molecule has 0 spiro atoms. The molecule has 0 N–H and O–H groups in total. The maximum atomic E-state index is 10.8. The summed E-state index contributed by atoms with van der Waals surface area (Å²) in [6.07, 6.45) is 1.63. The third kappa shape index (κ3) is 1.29. The maximum Gasteiger partial charge on any atom is 0.306 e. The van der Waals surface area contributed by atoms with E-state index in [1.54, 1.807) is 0 Å². The highest BCUT2D eigenvalue weighted by molar-refractivity contribution is 5.73. The molecule has 0 aromatic carbocycles. The van der Waals surface area contributed by atoms with E-state index in [1.807, 2.05) is 0 Å². The van der Waals surface area contributed by atoms with E-state index < -0.39 is 0 Å². The van der Waals surface area contributed by atoms with Crippen LogP contribution in [0.15, 0.2) is 0 Å². The molecule has 2 unspecified atom stereocenters. The van der Waals surface area contributed by atoms with Gasteiger partial charge < -0.3 is 9.47 Å². The molecule has 2 atom stereocenters. The van der Waals surface area contributed by atoms with Gasteiger partial charge in [-0.05, 0) is 12.8 Å². The molecular formula is C8H10O4. The van der Waals surface area contributed by atoms with Crippen molar-refractivity contribution in [3.8, 4) is 0 Å². The lowest BCUT2D eigenvalue weighted by Gasteiger charge is -2.33. The van der Waals surface area contributed by atoms with Gasteiger partial charge in [-0.1, -0.05) is 0 Å². The minimum atomic E-state index is -0.177. The molecule has 0 bridgehead atoms. The Labute approximate surface area is 69.8 Å². The van der Waals surface area contributed by atoms with Crippen molar-refractivity contribution in [2.24, 2.45) is 0 Å². The molecule has 0 saturated carbocycles. The summed E-state index contributed by atoms with van der Waals surface area (Å²) >= 11 is 0. The predicted molar refractivity (Wildman–Crippen MR) is 38.2 cm³/mol. The molecule has 0 radical (unpaired) electrons. The minimum absolute atomic E-state index is 0.172. The zero-order chi connectivity index (χ0) is 8.55. The summed E-state index contributed by atoms with van der Waals surface area (Å²) in [5.74, 6) is -0.344. The van der Waals surface area contributed by atoms with Gasteiger partial charge in [0.05, 0.1) is 0 Å². The summed E-state index contributed by atoms with van der Waals surface area (Å²) in [7, 11) is 0. The first kappa shape index (κ1) is 7.58. The number of esters is 2.